The molecule has 0 saturated heterocycles. The average molecular weight is 453 g/mol. The van der Waals surface area contributed by atoms with Gasteiger partial charge in [0, 0.05) is 0 Å². The molecule has 0 spiro atoms. The number of benzene rings is 3. The van der Waals surface area contributed by atoms with Crippen molar-refractivity contribution in [2.24, 2.45) is 0 Å². The molecule has 3 aromatic rings. The number of nitrogens with zero attached hydrogens (tertiary/aromatic N) is 1. The van der Waals surface area contributed by atoms with Crippen LogP contribution in [-0.4, -0.2) is 34.1 Å². The van der Waals surface area contributed by atoms with Gasteiger partial charge in [-0.05, 0) is 55.8 Å². The Morgan fingerprint density at radius 1 is 1.03 bits per heavy atom. The molecule has 32 heavy (non-hydrogen) atoms. The second-order valence-corrected chi connectivity index (χ2v) is 9.48. The number of rotatable bonds is 5. The van der Waals surface area contributed by atoms with Crippen LogP contribution in [0.1, 0.15) is 11.1 Å². The Morgan fingerprint density at radius 3 is 2.44 bits per heavy atom. The van der Waals surface area contributed by atoms with Gasteiger partial charge in [-0.15, -0.1) is 0 Å². The van der Waals surface area contributed by atoms with Gasteiger partial charge in [0.05, 0.1) is 29.9 Å². The zero-order valence-electron chi connectivity index (χ0n) is 18.0. The molecule has 0 saturated carbocycles. The Labute approximate surface area is 187 Å². The van der Waals surface area contributed by atoms with Gasteiger partial charge in [0.15, 0.2) is 6.10 Å². The molecular formula is C24H24N2O5S. The lowest BCUT2D eigenvalue weighted by atomic mass is 10.1. The molecule has 8 heteroatoms. The second-order valence-electron chi connectivity index (χ2n) is 7.62. The van der Waals surface area contributed by atoms with E-state index >= 15 is 0 Å². The van der Waals surface area contributed by atoms with E-state index in [-0.39, 0.29) is 11.4 Å². The summed E-state index contributed by atoms with van der Waals surface area (Å²) < 4.78 is 39.5. The molecule has 1 N–H and O–H groups in total. The van der Waals surface area contributed by atoms with Crippen molar-refractivity contribution in [1.29, 1.82) is 0 Å². The van der Waals surface area contributed by atoms with Crippen molar-refractivity contribution in [3.05, 3.63) is 77.9 Å². The van der Waals surface area contributed by atoms with E-state index < -0.39 is 22.0 Å². The van der Waals surface area contributed by atoms with Crippen LogP contribution in [0.5, 0.6) is 11.5 Å². The summed E-state index contributed by atoms with van der Waals surface area (Å²) in [6.45, 7) is 3.61. The lowest BCUT2D eigenvalue weighted by Gasteiger charge is -2.35. The van der Waals surface area contributed by atoms with Crippen LogP contribution >= 0.6 is 0 Å². The minimum atomic E-state index is -3.91. The first-order chi connectivity index (χ1) is 15.3. The molecule has 1 unspecified atom stereocenters. The van der Waals surface area contributed by atoms with E-state index in [1.54, 1.807) is 60.7 Å². The van der Waals surface area contributed by atoms with Crippen LogP contribution in [0.4, 0.5) is 11.4 Å². The molecule has 1 aliphatic heterocycles. The third-order valence-electron chi connectivity index (χ3n) is 5.25. The van der Waals surface area contributed by atoms with Crippen molar-refractivity contribution in [1.82, 2.24) is 0 Å². The van der Waals surface area contributed by atoms with Crippen molar-refractivity contribution < 1.29 is 22.7 Å². The first-order valence-corrected chi connectivity index (χ1v) is 11.5. The Morgan fingerprint density at radius 2 is 1.72 bits per heavy atom. The standard InChI is InChI=1S/C24H24N2O5S/c1-16-8-11-18(12-9-16)32(28,29)26-15-23(31-22-14-17(2)10-13-20(22)26)24(27)25-19-6-4-5-7-21(19)30-3/h4-14,23H,15H2,1-3H3,(H,25,27). The number of hydrogen-bond donors (Lipinski definition) is 1. The number of fused-ring (bicyclic) bond motifs is 1. The first-order valence-electron chi connectivity index (χ1n) is 10.1. The minimum absolute atomic E-state index is 0.153. The van der Waals surface area contributed by atoms with E-state index in [2.05, 4.69) is 5.32 Å². The quantitative estimate of drug-likeness (QED) is 0.635. The van der Waals surface area contributed by atoms with Crippen LogP contribution in [0.25, 0.3) is 0 Å². The fraction of sp³-hybridized carbons (Fsp3) is 0.208. The number of amides is 1. The van der Waals surface area contributed by atoms with Gasteiger partial charge < -0.3 is 14.8 Å². The molecule has 1 aliphatic rings. The lowest BCUT2D eigenvalue weighted by molar-refractivity contribution is -0.122. The Hall–Kier alpha value is -3.52. The molecule has 0 radical (unpaired) electrons. The Kier molecular flexibility index (Phi) is 5.80. The number of anilines is 2. The number of hydrogen-bond acceptors (Lipinski definition) is 5. The Bertz CT molecular complexity index is 1260. The van der Waals surface area contributed by atoms with Gasteiger partial charge in [-0.1, -0.05) is 35.9 Å². The van der Waals surface area contributed by atoms with Crippen molar-refractivity contribution in [3.8, 4) is 11.5 Å². The van der Waals surface area contributed by atoms with E-state index in [1.165, 1.54) is 11.4 Å². The van der Waals surface area contributed by atoms with Gasteiger partial charge in [-0.2, -0.15) is 0 Å². The van der Waals surface area contributed by atoms with E-state index in [0.717, 1.165) is 11.1 Å². The first kappa shape index (κ1) is 21.7. The SMILES string of the molecule is COc1ccccc1NC(=O)C1CN(S(=O)(=O)c2ccc(C)cc2)c2ccc(C)cc2O1. The maximum Gasteiger partial charge on any atom is 0.267 e. The average Bonchev–Trinajstić information content (AvgIpc) is 2.78. The number of carbonyl (C=O) groups excluding carboxylic acids is 1. The Balaban J connectivity index is 1.70. The molecule has 1 atom stereocenters. The fourth-order valence-corrected chi connectivity index (χ4v) is 5.00. The number of methoxy groups -OCH3 is 1. The van der Waals surface area contributed by atoms with Crippen LogP contribution < -0.4 is 19.1 Å². The molecule has 0 bridgehead atoms. The molecule has 4 rings (SSSR count). The summed E-state index contributed by atoms with van der Waals surface area (Å²) in [5, 5.41) is 2.79. The molecule has 0 fully saturated rings. The lowest BCUT2D eigenvalue weighted by Crippen LogP contribution is -2.48. The highest BCUT2D eigenvalue weighted by Crippen LogP contribution is 2.38. The molecular weight excluding hydrogens is 428 g/mol. The van der Waals surface area contributed by atoms with Crippen LogP contribution in [0.15, 0.2) is 71.6 Å². The predicted molar refractivity (Wildman–Crippen MR) is 123 cm³/mol. The number of ether oxygens (including phenoxy) is 2. The molecule has 0 aromatic heterocycles. The summed E-state index contributed by atoms with van der Waals surface area (Å²) in [6, 6.07) is 18.9. The van der Waals surface area contributed by atoms with E-state index in [9.17, 15) is 13.2 Å². The maximum atomic E-state index is 13.5. The molecule has 1 amide bonds. The second kappa shape index (κ2) is 8.55. The zero-order chi connectivity index (χ0) is 22.9. The third kappa shape index (κ3) is 4.13. The van der Waals surface area contributed by atoms with E-state index in [1.807, 2.05) is 19.9 Å². The van der Waals surface area contributed by atoms with Gasteiger partial charge in [-0.3, -0.25) is 9.10 Å². The summed E-state index contributed by atoms with van der Waals surface area (Å²) in [5.41, 5.74) is 2.72. The van der Waals surface area contributed by atoms with Gasteiger partial charge in [0.1, 0.15) is 11.5 Å². The van der Waals surface area contributed by atoms with Crippen molar-refractivity contribution >= 4 is 27.3 Å². The molecule has 0 aliphatic carbocycles. The normalized spacial score (nSPS) is 15.5. The highest BCUT2D eigenvalue weighted by Gasteiger charge is 2.37. The molecule has 166 valence electrons. The van der Waals surface area contributed by atoms with E-state index in [4.69, 9.17) is 9.47 Å². The summed E-state index contributed by atoms with van der Waals surface area (Å²) in [6.07, 6.45) is -1.05. The summed E-state index contributed by atoms with van der Waals surface area (Å²) in [5.74, 6) is 0.370. The van der Waals surface area contributed by atoms with E-state index in [0.29, 0.717) is 22.9 Å². The van der Waals surface area contributed by atoms with Gasteiger partial charge in [0.25, 0.3) is 15.9 Å². The molecule has 3 aromatic carbocycles. The maximum absolute atomic E-state index is 13.5. The predicted octanol–water partition coefficient (Wildman–Crippen LogP) is 3.91. The van der Waals surface area contributed by atoms with Crippen LogP contribution in [0.2, 0.25) is 0 Å². The fourth-order valence-electron chi connectivity index (χ4n) is 3.52. The minimum Gasteiger partial charge on any atom is -0.495 e. The number of sulfonamides is 1. The molecule has 1 heterocycles. The van der Waals surface area contributed by atoms with Crippen LogP contribution in [0.3, 0.4) is 0 Å². The largest absolute Gasteiger partial charge is 0.495 e. The van der Waals surface area contributed by atoms with Gasteiger partial charge >= 0.3 is 0 Å². The number of para-hydroxylation sites is 2. The third-order valence-corrected chi connectivity index (χ3v) is 7.05. The van der Waals surface area contributed by atoms with Crippen molar-refractivity contribution in [2.45, 2.75) is 24.8 Å². The van der Waals surface area contributed by atoms with Crippen molar-refractivity contribution in [3.63, 3.8) is 0 Å². The highest BCUT2D eigenvalue weighted by atomic mass is 32.2. The van der Waals surface area contributed by atoms with Crippen molar-refractivity contribution in [2.75, 3.05) is 23.3 Å². The van der Waals surface area contributed by atoms with Gasteiger partial charge in [0.2, 0.25) is 0 Å². The summed E-state index contributed by atoms with van der Waals surface area (Å²) >= 11 is 0. The monoisotopic (exact) mass is 452 g/mol. The van der Waals surface area contributed by atoms with Crippen LogP contribution in [-0.2, 0) is 14.8 Å². The highest BCUT2D eigenvalue weighted by molar-refractivity contribution is 7.92. The molecule has 7 nitrogen and oxygen atoms in total. The summed E-state index contributed by atoms with van der Waals surface area (Å²) in [4.78, 5) is 13.2. The zero-order valence-corrected chi connectivity index (χ0v) is 18.8. The number of carbonyl (C=O) groups is 1. The van der Waals surface area contributed by atoms with Crippen LogP contribution in [0, 0.1) is 13.8 Å². The summed E-state index contributed by atoms with van der Waals surface area (Å²) in [7, 11) is -2.40. The number of aryl methyl sites for hydroxylation is 2. The number of nitrogens with one attached hydrogen (secondary N) is 1. The smallest absolute Gasteiger partial charge is 0.267 e. The van der Waals surface area contributed by atoms with Gasteiger partial charge in [-0.25, -0.2) is 8.42 Å². The topological polar surface area (TPSA) is 84.9 Å².